The SMILES string of the molecule is CC(=O)c1sc(NC(=O)c2cc(S(=O)(=O)NC(C)C)c(Cl)cc2Cl)nc1C. The third-order valence-corrected chi connectivity index (χ3v) is 6.89. The topological polar surface area (TPSA) is 105 Å². The second-order valence-electron chi connectivity index (χ2n) is 5.98. The first-order chi connectivity index (χ1) is 12.4. The van der Waals surface area contributed by atoms with Gasteiger partial charge >= 0.3 is 0 Å². The number of carbonyl (C=O) groups excluding carboxylic acids is 2. The third kappa shape index (κ3) is 5.05. The molecule has 0 unspecified atom stereocenters. The molecule has 0 saturated heterocycles. The van der Waals surface area contributed by atoms with Crippen LogP contribution in [0.5, 0.6) is 0 Å². The Morgan fingerprint density at radius 2 is 1.81 bits per heavy atom. The highest BCUT2D eigenvalue weighted by atomic mass is 35.5. The molecule has 0 radical (unpaired) electrons. The smallest absolute Gasteiger partial charge is 0.259 e. The summed E-state index contributed by atoms with van der Waals surface area (Å²) in [5, 5.41) is 2.62. The number of aromatic nitrogens is 1. The molecule has 2 rings (SSSR count). The quantitative estimate of drug-likeness (QED) is 0.650. The predicted octanol–water partition coefficient (Wildman–Crippen LogP) is 3.90. The van der Waals surface area contributed by atoms with Gasteiger partial charge < -0.3 is 0 Å². The van der Waals surface area contributed by atoms with Crippen molar-refractivity contribution < 1.29 is 18.0 Å². The Labute approximate surface area is 171 Å². The molecule has 146 valence electrons. The Bertz CT molecular complexity index is 1020. The summed E-state index contributed by atoms with van der Waals surface area (Å²) in [6.45, 7) is 6.38. The zero-order valence-corrected chi connectivity index (χ0v) is 18.0. The number of aryl methyl sites for hydroxylation is 1. The summed E-state index contributed by atoms with van der Waals surface area (Å²) < 4.78 is 27.2. The zero-order chi connectivity index (χ0) is 20.5. The van der Waals surface area contributed by atoms with Crippen LogP contribution in [0, 0.1) is 6.92 Å². The lowest BCUT2D eigenvalue weighted by Gasteiger charge is -2.13. The van der Waals surface area contributed by atoms with Crippen LogP contribution in [0.1, 0.15) is 46.5 Å². The molecule has 0 saturated carbocycles. The van der Waals surface area contributed by atoms with Crippen molar-refractivity contribution >= 4 is 61.4 Å². The van der Waals surface area contributed by atoms with Gasteiger partial charge in [0, 0.05) is 13.0 Å². The molecule has 0 aliphatic heterocycles. The number of amides is 1. The van der Waals surface area contributed by atoms with Gasteiger partial charge in [0.2, 0.25) is 10.0 Å². The highest BCUT2D eigenvalue weighted by molar-refractivity contribution is 7.89. The van der Waals surface area contributed by atoms with Crippen molar-refractivity contribution in [3.05, 3.63) is 38.3 Å². The standard InChI is InChI=1S/C16H17Cl2N3O4S2/c1-7(2)21-27(24,25)13-5-10(11(17)6-12(13)18)15(23)20-16-19-8(3)14(26-16)9(4)22/h5-7,21H,1-4H3,(H,19,20,23). The first kappa shape index (κ1) is 21.8. The van der Waals surface area contributed by atoms with Gasteiger partial charge in [-0.25, -0.2) is 18.1 Å². The molecule has 1 heterocycles. The number of benzene rings is 1. The van der Waals surface area contributed by atoms with Gasteiger partial charge in [0.25, 0.3) is 5.91 Å². The molecule has 0 aliphatic rings. The second kappa shape index (κ2) is 8.24. The van der Waals surface area contributed by atoms with Gasteiger partial charge in [-0.05, 0) is 32.9 Å². The number of nitrogens with zero attached hydrogens (tertiary/aromatic N) is 1. The van der Waals surface area contributed by atoms with Crippen LogP contribution in [0.3, 0.4) is 0 Å². The molecule has 1 amide bonds. The van der Waals surface area contributed by atoms with Crippen LogP contribution >= 0.6 is 34.5 Å². The highest BCUT2D eigenvalue weighted by Crippen LogP contribution is 2.30. The second-order valence-corrected chi connectivity index (χ2v) is 9.48. The molecule has 1 aromatic carbocycles. The Hall–Kier alpha value is -1.52. The first-order valence-electron chi connectivity index (χ1n) is 7.73. The summed E-state index contributed by atoms with van der Waals surface area (Å²) in [6, 6.07) is 1.94. The number of carbonyl (C=O) groups is 2. The normalized spacial score (nSPS) is 11.7. The highest BCUT2D eigenvalue weighted by Gasteiger charge is 2.24. The van der Waals surface area contributed by atoms with Gasteiger partial charge in [-0.3, -0.25) is 14.9 Å². The van der Waals surface area contributed by atoms with Gasteiger partial charge in [0.1, 0.15) is 4.90 Å². The van der Waals surface area contributed by atoms with E-state index in [1.54, 1.807) is 20.8 Å². The van der Waals surface area contributed by atoms with Crippen molar-refractivity contribution in [2.75, 3.05) is 5.32 Å². The molecule has 11 heteroatoms. The molecule has 1 aromatic heterocycles. The summed E-state index contributed by atoms with van der Waals surface area (Å²) in [5.41, 5.74) is 0.414. The number of nitrogens with one attached hydrogen (secondary N) is 2. The largest absolute Gasteiger partial charge is 0.298 e. The van der Waals surface area contributed by atoms with Crippen molar-refractivity contribution in [2.24, 2.45) is 0 Å². The maximum absolute atomic E-state index is 12.6. The van der Waals surface area contributed by atoms with E-state index in [0.717, 1.165) is 17.4 Å². The summed E-state index contributed by atoms with van der Waals surface area (Å²) >= 11 is 13.1. The van der Waals surface area contributed by atoms with Gasteiger partial charge in [0.15, 0.2) is 10.9 Å². The maximum atomic E-state index is 12.6. The van der Waals surface area contributed by atoms with Crippen molar-refractivity contribution in [3.63, 3.8) is 0 Å². The van der Waals surface area contributed by atoms with Crippen LogP contribution in [-0.2, 0) is 10.0 Å². The molecule has 27 heavy (non-hydrogen) atoms. The van der Waals surface area contributed by atoms with Crippen LogP contribution in [0.15, 0.2) is 17.0 Å². The van der Waals surface area contributed by atoms with E-state index < -0.39 is 15.9 Å². The molecule has 7 nitrogen and oxygen atoms in total. The van der Waals surface area contributed by atoms with E-state index in [2.05, 4.69) is 15.0 Å². The molecule has 0 aliphatic carbocycles. The summed E-state index contributed by atoms with van der Waals surface area (Å²) in [7, 11) is -3.93. The van der Waals surface area contributed by atoms with Crippen LogP contribution in [0.2, 0.25) is 10.0 Å². The van der Waals surface area contributed by atoms with Crippen LogP contribution in [-0.4, -0.2) is 31.1 Å². The van der Waals surface area contributed by atoms with E-state index in [0.29, 0.717) is 10.6 Å². The van der Waals surface area contributed by atoms with Crippen LogP contribution in [0.25, 0.3) is 0 Å². The lowest BCUT2D eigenvalue weighted by atomic mass is 10.2. The Morgan fingerprint density at radius 1 is 1.19 bits per heavy atom. The van der Waals surface area contributed by atoms with Crippen molar-refractivity contribution in [1.29, 1.82) is 0 Å². The lowest BCUT2D eigenvalue weighted by Crippen LogP contribution is -2.30. The van der Waals surface area contributed by atoms with Crippen molar-refractivity contribution in [3.8, 4) is 0 Å². The summed E-state index contributed by atoms with van der Waals surface area (Å²) in [4.78, 5) is 28.4. The minimum Gasteiger partial charge on any atom is -0.298 e. The number of hydrogen-bond acceptors (Lipinski definition) is 6. The number of ketones is 1. The van der Waals surface area contributed by atoms with E-state index >= 15 is 0 Å². The third-order valence-electron chi connectivity index (χ3n) is 3.28. The number of Topliss-reactive ketones (excluding diaryl/α,β-unsaturated/α-hetero) is 1. The molecule has 0 bridgehead atoms. The summed E-state index contributed by atoms with van der Waals surface area (Å²) in [5.74, 6) is -0.829. The molecular formula is C16H17Cl2N3O4S2. The fourth-order valence-electron chi connectivity index (χ4n) is 2.22. The number of halogens is 2. The summed E-state index contributed by atoms with van der Waals surface area (Å²) in [6.07, 6.45) is 0. The molecule has 0 spiro atoms. The number of rotatable bonds is 6. The van der Waals surface area contributed by atoms with E-state index in [9.17, 15) is 18.0 Å². The molecular weight excluding hydrogens is 433 g/mol. The lowest BCUT2D eigenvalue weighted by molar-refractivity contribution is 0.101. The maximum Gasteiger partial charge on any atom is 0.259 e. The minimum atomic E-state index is -3.93. The van der Waals surface area contributed by atoms with Crippen molar-refractivity contribution in [2.45, 2.75) is 38.6 Å². The monoisotopic (exact) mass is 449 g/mol. The fraction of sp³-hybridized carbons (Fsp3) is 0.312. The Kier molecular flexibility index (Phi) is 6.64. The number of anilines is 1. The molecule has 2 N–H and O–H groups in total. The fourth-order valence-corrected chi connectivity index (χ4v) is 5.19. The molecule has 0 atom stereocenters. The van der Waals surface area contributed by atoms with E-state index in [-0.39, 0.29) is 37.5 Å². The first-order valence-corrected chi connectivity index (χ1v) is 10.8. The zero-order valence-electron chi connectivity index (χ0n) is 14.9. The van der Waals surface area contributed by atoms with Crippen LogP contribution < -0.4 is 10.0 Å². The van der Waals surface area contributed by atoms with E-state index in [1.807, 2.05) is 0 Å². The van der Waals surface area contributed by atoms with Crippen molar-refractivity contribution in [1.82, 2.24) is 9.71 Å². The average molecular weight is 450 g/mol. The van der Waals surface area contributed by atoms with E-state index in [1.165, 1.54) is 13.0 Å². The van der Waals surface area contributed by atoms with Crippen LogP contribution in [0.4, 0.5) is 5.13 Å². The van der Waals surface area contributed by atoms with Gasteiger partial charge in [0.05, 0.1) is 26.2 Å². The molecule has 2 aromatic rings. The Morgan fingerprint density at radius 3 is 2.33 bits per heavy atom. The van der Waals surface area contributed by atoms with Gasteiger partial charge in [-0.1, -0.05) is 34.5 Å². The average Bonchev–Trinajstić information content (AvgIpc) is 2.86. The predicted molar refractivity (Wildman–Crippen MR) is 107 cm³/mol. The van der Waals surface area contributed by atoms with E-state index in [4.69, 9.17) is 23.2 Å². The van der Waals surface area contributed by atoms with Gasteiger partial charge in [-0.2, -0.15) is 0 Å². The Balaban J connectivity index is 2.40. The number of sulfonamides is 1. The molecule has 0 fully saturated rings. The number of thiazole rings is 1. The minimum absolute atomic E-state index is 0.0129. The van der Waals surface area contributed by atoms with Gasteiger partial charge in [-0.15, -0.1) is 0 Å². The number of hydrogen-bond donors (Lipinski definition) is 2.